The number of aryl methyl sites for hydroxylation is 2. The average Bonchev–Trinajstić information content (AvgIpc) is 2.68. The first-order valence-electron chi connectivity index (χ1n) is 6.36. The molecule has 0 N–H and O–H groups in total. The second-order valence-corrected chi connectivity index (χ2v) is 6.15. The number of rotatable bonds is 1. The fraction of sp³-hybridized carbons (Fsp3) is 0.125. The van der Waals surface area contributed by atoms with Gasteiger partial charge in [0.2, 0.25) is 0 Å². The number of carbonyl (C=O) groups excluding carboxylic acids is 2. The predicted octanol–water partition coefficient (Wildman–Crippen LogP) is 3.85. The number of benzene rings is 2. The van der Waals surface area contributed by atoms with Crippen molar-refractivity contribution in [2.45, 2.75) is 13.8 Å². The van der Waals surface area contributed by atoms with Gasteiger partial charge in [-0.05, 0) is 65.8 Å². The lowest BCUT2D eigenvalue weighted by atomic mass is 9.99. The van der Waals surface area contributed by atoms with E-state index < -0.39 is 5.82 Å². The lowest BCUT2D eigenvalue weighted by molar-refractivity contribution is 0.0925. The van der Waals surface area contributed by atoms with Crippen LogP contribution < -0.4 is 4.90 Å². The fourth-order valence-corrected chi connectivity index (χ4v) is 3.28. The Kier molecular flexibility index (Phi) is 3.32. The summed E-state index contributed by atoms with van der Waals surface area (Å²) < 4.78 is 13.8. The minimum atomic E-state index is -0.396. The number of hydrogen-bond donors (Lipinski definition) is 0. The molecule has 0 spiro atoms. The van der Waals surface area contributed by atoms with Crippen molar-refractivity contribution >= 4 is 40.1 Å². The number of hydrogen-bond acceptors (Lipinski definition) is 2. The highest BCUT2D eigenvalue weighted by atomic mass is 127. The molecule has 3 nitrogen and oxygen atoms in total. The van der Waals surface area contributed by atoms with E-state index in [-0.39, 0.29) is 11.8 Å². The van der Waals surface area contributed by atoms with E-state index in [9.17, 15) is 14.0 Å². The summed E-state index contributed by atoms with van der Waals surface area (Å²) in [6, 6.07) is 7.68. The van der Waals surface area contributed by atoms with E-state index in [0.29, 0.717) is 20.4 Å². The summed E-state index contributed by atoms with van der Waals surface area (Å²) in [4.78, 5) is 26.4. The molecule has 2 aromatic carbocycles. The normalized spacial score (nSPS) is 13.8. The van der Waals surface area contributed by atoms with Crippen LogP contribution in [0, 0.1) is 23.2 Å². The van der Waals surface area contributed by atoms with Crippen molar-refractivity contribution in [3.63, 3.8) is 0 Å². The van der Waals surface area contributed by atoms with Crippen molar-refractivity contribution in [3.05, 3.63) is 62.0 Å². The van der Waals surface area contributed by atoms with Crippen LogP contribution in [0.15, 0.2) is 30.3 Å². The number of anilines is 1. The summed E-state index contributed by atoms with van der Waals surface area (Å²) >= 11 is 1.93. The summed E-state index contributed by atoms with van der Waals surface area (Å²) in [6.07, 6.45) is 0. The van der Waals surface area contributed by atoms with Crippen LogP contribution in [0.4, 0.5) is 10.1 Å². The van der Waals surface area contributed by atoms with E-state index in [2.05, 4.69) is 0 Å². The highest BCUT2D eigenvalue weighted by Crippen LogP contribution is 2.34. The van der Waals surface area contributed by atoms with E-state index in [1.807, 2.05) is 48.6 Å². The Morgan fingerprint density at radius 2 is 1.48 bits per heavy atom. The molecule has 0 fully saturated rings. The molecule has 2 amide bonds. The highest BCUT2D eigenvalue weighted by molar-refractivity contribution is 14.1. The van der Waals surface area contributed by atoms with Crippen LogP contribution in [0.1, 0.15) is 31.8 Å². The van der Waals surface area contributed by atoms with E-state index >= 15 is 0 Å². The van der Waals surface area contributed by atoms with E-state index in [0.717, 1.165) is 16.0 Å². The number of amides is 2. The molecule has 5 heteroatoms. The monoisotopic (exact) mass is 395 g/mol. The summed E-state index contributed by atoms with van der Waals surface area (Å²) in [5.74, 6) is -1.09. The van der Waals surface area contributed by atoms with Gasteiger partial charge in [-0.15, -0.1) is 0 Å². The zero-order chi connectivity index (χ0) is 15.3. The average molecular weight is 395 g/mol. The van der Waals surface area contributed by atoms with E-state index in [1.165, 1.54) is 18.2 Å². The molecule has 2 aromatic rings. The molecule has 0 unspecified atom stereocenters. The third-order valence-electron chi connectivity index (χ3n) is 3.61. The van der Waals surface area contributed by atoms with Crippen LogP contribution in [0.5, 0.6) is 0 Å². The standard InChI is InChI=1S/C16H11FINO2/c1-8-3-4-9(2)14-13(8)15(20)19(16(14)21)12-6-5-10(17)7-11(12)18/h3-7H,1-2H3. The molecule has 1 heterocycles. The Balaban J connectivity index is 2.21. The van der Waals surface area contributed by atoms with Crippen LogP contribution in [0.2, 0.25) is 0 Å². The summed E-state index contributed by atoms with van der Waals surface area (Å²) in [6.45, 7) is 3.62. The molecule has 0 atom stereocenters. The van der Waals surface area contributed by atoms with Crippen molar-refractivity contribution in [3.8, 4) is 0 Å². The molecule has 1 aliphatic heterocycles. The van der Waals surface area contributed by atoms with Gasteiger partial charge in [0, 0.05) is 3.57 Å². The van der Waals surface area contributed by atoms with Gasteiger partial charge in [0.15, 0.2) is 0 Å². The highest BCUT2D eigenvalue weighted by Gasteiger charge is 2.39. The minimum absolute atomic E-state index is 0.347. The molecule has 1 aliphatic rings. The second-order valence-electron chi connectivity index (χ2n) is 4.99. The third-order valence-corrected chi connectivity index (χ3v) is 4.47. The van der Waals surface area contributed by atoms with Gasteiger partial charge in [0.1, 0.15) is 5.82 Å². The van der Waals surface area contributed by atoms with Gasteiger partial charge in [-0.3, -0.25) is 9.59 Å². The molecule has 0 saturated carbocycles. The minimum Gasteiger partial charge on any atom is -0.268 e. The molecule has 0 aliphatic carbocycles. The molecular formula is C16H11FINO2. The molecular weight excluding hydrogens is 384 g/mol. The largest absolute Gasteiger partial charge is 0.268 e. The number of imide groups is 1. The van der Waals surface area contributed by atoms with Gasteiger partial charge in [0.05, 0.1) is 16.8 Å². The third kappa shape index (κ3) is 2.07. The Morgan fingerprint density at radius 3 is 1.95 bits per heavy atom. The molecule has 106 valence electrons. The lowest BCUT2D eigenvalue weighted by Gasteiger charge is -2.15. The molecule has 21 heavy (non-hydrogen) atoms. The summed E-state index contributed by atoms with van der Waals surface area (Å²) in [5, 5.41) is 0. The first kappa shape index (κ1) is 14.2. The maximum Gasteiger partial charge on any atom is 0.266 e. The molecule has 0 bridgehead atoms. The number of carbonyl (C=O) groups is 2. The first-order valence-corrected chi connectivity index (χ1v) is 7.43. The van der Waals surface area contributed by atoms with Crippen molar-refractivity contribution in [2.75, 3.05) is 4.90 Å². The first-order chi connectivity index (χ1) is 9.91. The van der Waals surface area contributed by atoms with E-state index in [4.69, 9.17) is 0 Å². The molecule has 0 aromatic heterocycles. The van der Waals surface area contributed by atoms with Gasteiger partial charge in [-0.1, -0.05) is 12.1 Å². The van der Waals surface area contributed by atoms with Crippen molar-refractivity contribution in [2.24, 2.45) is 0 Å². The Labute approximate surface area is 134 Å². The fourth-order valence-electron chi connectivity index (χ4n) is 2.56. The van der Waals surface area contributed by atoms with Crippen molar-refractivity contribution in [1.82, 2.24) is 0 Å². The van der Waals surface area contributed by atoms with Gasteiger partial charge < -0.3 is 0 Å². The van der Waals surface area contributed by atoms with Gasteiger partial charge >= 0.3 is 0 Å². The molecule has 3 rings (SSSR count). The molecule has 0 saturated heterocycles. The maximum absolute atomic E-state index is 13.2. The van der Waals surface area contributed by atoms with Gasteiger partial charge in [0.25, 0.3) is 11.8 Å². The smallest absolute Gasteiger partial charge is 0.266 e. The summed E-state index contributed by atoms with van der Waals surface area (Å²) in [5.41, 5.74) is 2.85. The van der Waals surface area contributed by atoms with Crippen molar-refractivity contribution in [1.29, 1.82) is 0 Å². The Hall–Kier alpha value is -1.76. The van der Waals surface area contributed by atoms with Crippen LogP contribution in [0.3, 0.4) is 0 Å². The van der Waals surface area contributed by atoms with Gasteiger partial charge in [-0.25, -0.2) is 9.29 Å². The number of nitrogens with zero attached hydrogens (tertiary/aromatic N) is 1. The Morgan fingerprint density at radius 1 is 0.952 bits per heavy atom. The van der Waals surface area contributed by atoms with Gasteiger partial charge in [-0.2, -0.15) is 0 Å². The zero-order valence-corrected chi connectivity index (χ0v) is 13.6. The second kappa shape index (κ2) is 4.91. The molecule has 0 radical (unpaired) electrons. The Bertz CT molecular complexity index is 760. The topological polar surface area (TPSA) is 37.4 Å². The van der Waals surface area contributed by atoms with Crippen LogP contribution in [-0.4, -0.2) is 11.8 Å². The quantitative estimate of drug-likeness (QED) is 0.544. The number of halogens is 2. The van der Waals surface area contributed by atoms with Crippen LogP contribution in [0.25, 0.3) is 0 Å². The van der Waals surface area contributed by atoms with Crippen molar-refractivity contribution < 1.29 is 14.0 Å². The van der Waals surface area contributed by atoms with Crippen LogP contribution >= 0.6 is 22.6 Å². The SMILES string of the molecule is Cc1ccc(C)c2c1C(=O)N(c1ccc(F)cc1I)C2=O. The van der Waals surface area contributed by atoms with Crippen LogP contribution in [-0.2, 0) is 0 Å². The number of fused-ring (bicyclic) bond motifs is 1. The van der Waals surface area contributed by atoms with E-state index in [1.54, 1.807) is 0 Å². The summed E-state index contributed by atoms with van der Waals surface area (Å²) in [7, 11) is 0. The predicted molar refractivity (Wildman–Crippen MR) is 86.2 cm³/mol. The lowest BCUT2D eigenvalue weighted by Crippen LogP contribution is -2.30. The zero-order valence-electron chi connectivity index (χ0n) is 11.4. The maximum atomic E-state index is 13.2.